The van der Waals surface area contributed by atoms with Crippen molar-refractivity contribution in [3.8, 4) is 0 Å². The zero-order valence-electron chi connectivity index (χ0n) is 15.2. The summed E-state index contributed by atoms with van der Waals surface area (Å²) in [6.45, 7) is 3.02. The first-order chi connectivity index (χ1) is 12.7. The van der Waals surface area contributed by atoms with Gasteiger partial charge in [0.25, 0.3) is 5.69 Å². The molecule has 3 rings (SSSR count). The normalized spacial score (nSPS) is 21.5. The van der Waals surface area contributed by atoms with E-state index in [0.717, 1.165) is 37.7 Å². The van der Waals surface area contributed by atoms with Crippen LogP contribution in [-0.2, 0) is 11.3 Å². The Bertz CT molecular complexity index is 606. The van der Waals surface area contributed by atoms with Crippen LogP contribution in [-0.4, -0.2) is 36.7 Å². The molecule has 0 amide bonds. The van der Waals surface area contributed by atoms with E-state index in [-0.39, 0.29) is 10.6 Å². The Balaban J connectivity index is 1.59. The summed E-state index contributed by atoms with van der Waals surface area (Å²) in [5.74, 6) is 1.37. The Kier molecular flexibility index (Phi) is 6.82. The first-order valence-corrected chi connectivity index (χ1v) is 9.56. The van der Waals surface area contributed by atoms with Crippen molar-refractivity contribution in [1.29, 1.82) is 0 Å². The fraction of sp³-hybridized carbons (Fsp3) is 0.632. The maximum Gasteiger partial charge on any atom is 0.269 e. The van der Waals surface area contributed by atoms with Crippen molar-refractivity contribution in [2.75, 3.05) is 19.8 Å². The minimum Gasteiger partial charge on any atom is -0.381 e. The number of guanidine groups is 1. The lowest BCUT2D eigenvalue weighted by Gasteiger charge is -2.25. The van der Waals surface area contributed by atoms with Crippen LogP contribution >= 0.6 is 0 Å². The van der Waals surface area contributed by atoms with Gasteiger partial charge in [-0.05, 0) is 24.8 Å². The summed E-state index contributed by atoms with van der Waals surface area (Å²) in [6, 6.07) is 7.08. The Morgan fingerprint density at radius 2 is 1.96 bits per heavy atom. The van der Waals surface area contributed by atoms with Gasteiger partial charge in [-0.3, -0.25) is 10.1 Å². The van der Waals surface area contributed by atoms with Gasteiger partial charge in [0, 0.05) is 37.2 Å². The second-order valence-corrected chi connectivity index (χ2v) is 7.18. The Labute approximate surface area is 154 Å². The molecule has 7 nitrogen and oxygen atoms in total. The van der Waals surface area contributed by atoms with Crippen molar-refractivity contribution in [3.05, 3.63) is 39.9 Å². The molecule has 2 aliphatic rings. The van der Waals surface area contributed by atoms with E-state index in [1.165, 1.54) is 44.2 Å². The minimum absolute atomic E-state index is 0.109. The van der Waals surface area contributed by atoms with E-state index in [9.17, 15) is 10.1 Å². The largest absolute Gasteiger partial charge is 0.381 e. The number of rotatable bonds is 6. The number of non-ortho nitro benzene ring substituents is 1. The van der Waals surface area contributed by atoms with Gasteiger partial charge in [0.15, 0.2) is 5.96 Å². The van der Waals surface area contributed by atoms with Crippen LogP contribution in [0.1, 0.15) is 44.1 Å². The van der Waals surface area contributed by atoms with Crippen LogP contribution in [0.5, 0.6) is 0 Å². The zero-order valence-corrected chi connectivity index (χ0v) is 15.2. The molecule has 1 aliphatic heterocycles. The van der Waals surface area contributed by atoms with E-state index in [0.29, 0.717) is 18.5 Å². The summed E-state index contributed by atoms with van der Waals surface area (Å²) in [4.78, 5) is 15.1. The van der Waals surface area contributed by atoms with Gasteiger partial charge in [-0.2, -0.15) is 0 Å². The van der Waals surface area contributed by atoms with Gasteiger partial charge < -0.3 is 15.4 Å². The number of hydrogen-bond donors (Lipinski definition) is 2. The molecule has 7 heteroatoms. The van der Waals surface area contributed by atoms with Crippen molar-refractivity contribution >= 4 is 11.6 Å². The van der Waals surface area contributed by atoms with Crippen LogP contribution < -0.4 is 10.6 Å². The predicted octanol–water partition coefficient (Wildman–Crippen LogP) is 3.00. The fourth-order valence-electron chi connectivity index (χ4n) is 3.47. The number of nitro benzene ring substituents is 1. The number of nitrogens with zero attached hydrogens (tertiary/aromatic N) is 2. The Morgan fingerprint density at radius 1 is 1.19 bits per heavy atom. The Morgan fingerprint density at radius 3 is 2.62 bits per heavy atom. The molecule has 1 heterocycles. The van der Waals surface area contributed by atoms with Gasteiger partial charge in [0.05, 0.1) is 18.1 Å². The molecular formula is C19H28N4O3. The molecule has 0 radical (unpaired) electrons. The van der Waals surface area contributed by atoms with Gasteiger partial charge >= 0.3 is 0 Å². The van der Waals surface area contributed by atoms with E-state index in [2.05, 4.69) is 10.6 Å². The van der Waals surface area contributed by atoms with Crippen LogP contribution in [0.25, 0.3) is 0 Å². The molecule has 2 fully saturated rings. The summed E-state index contributed by atoms with van der Waals surface area (Å²) < 4.78 is 5.44. The SMILES string of the molecule is O=[N+]([O-])c1ccc(CN=C(NCC2CCOC2)NC2CCCCC2)cc1. The maximum absolute atomic E-state index is 10.8. The summed E-state index contributed by atoms with van der Waals surface area (Å²) in [5.41, 5.74) is 1.07. The number of nitro groups is 1. The summed E-state index contributed by atoms with van der Waals surface area (Å²) in [6.07, 6.45) is 7.31. The fourth-order valence-corrected chi connectivity index (χ4v) is 3.47. The summed E-state index contributed by atoms with van der Waals surface area (Å²) >= 11 is 0. The first-order valence-electron chi connectivity index (χ1n) is 9.56. The highest BCUT2D eigenvalue weighted by atomic mass is 16.6. The third-order valence-corrected chi connectivity index (χ3v) is 5.10. The molecule has 1 aromatic rings. The van der Waals surface area contributed by atoms with Gasteiger partial charge in [0.2, 0.25) is 0 Å². The van der Waals surface area contributed by atoms with Crippen LogP contribution in [0.2, 0.25) is 0 Å². The van der Waals surface area contributed by atoms with Gasteiger partial charge in [0.1, 0.15) is 0 Å². The van der Waals surface area contributed by atoms with Crippen LogP contribution in [0.15, 0.2) is 29.3 Å². The molecule has 1 aliphatic carbocycles. The molecule has 2 N–H and O–H groups in total. The second kappa shape index (κ2) is 9.52. The third kappa shape index (κ3) is 5.69. The predicted molar refractivity (Wildman–Crippen MR) is 101 cm³/mol. The molecular weight excluding hydrogens is 332 g/mol. The van der Waals surface area contributed by atoms with Crippen LogP contribution in [0.3, 0.4) is 0 Å². The third-order valence-electron chi connectivity index (χ3n) is 5.10. The van der Waals surface area contributed by atoms with Crippen molar-refractivity contribution in [2.45, 2.75) is 51.1 Å². The number of ether oxygens (including phenoxy) is 1. The highest BCUT2D eigenvalue weighted by Gasteiger charge is 2.18. The topological polar surface area (TPSA) is 88.8 Å². The van der Waals surface area contributed by atoms with Crippen molar-refractivity contribution in [3.63, 3.8) is 0 Å². The van der Waals surface area contributed by atoms with Crippen molar-refractivity contribution in [2.24, 2.45) is 10.9 Å². The van der Waals surface area contributed by atoms with Crippen molar-refractivity contribution < 1.29 is 9.66 Å². The van der Waals surface area contributed by atoms with E-state index in [1.807, 2.05) is 0 Å². The molecule has 1 aromatic carbocycles. The highest BCUT2D eigenvalue weighted by Crippen LogP contribution is 2.18. The van der Waals surface area contributed by atoms with Crippen LogP contribution in [0, 0.1) is 16.0 Å². The molecule has 1 unspecified atom stereocenters. The van der Waals surface area contributed by atoms with E-state index < -0.39 is 0 Å². The molecule has 1 saturated heterocycles. The van der Waals surface area contributed by atoms with Gasteiger partial charge in [-0.25, -0.2) is 4.99 Å². The molecule has 142 valence electrons. The van der Waals surface area contributed by atoms with E-state index >= 15 is 0 Å². The molecule has 0 spiro atoms. The number of hydrogen-bond acceptors (Lipinski definition) is 4. The smallest absolute Gasteiger partial charge is 0.269 e. The molecule has 26 heavy (non-hydrogen) atoms. The number of aliphatic imine (C=N–C) groups is 1. The lowest BCUT2D eigenvalue weighted by molar-refractivity contribution is -0.384. The number of nitrogens with one attached hydrogen (secondary N) is 2. The quantitative estimate of drug-likeness (QED) is 0.352. The first kappa shape index (κ1) is 18.6. The van der Waals surface area contributed by atoms with Gasteiger partial charge in [-0.1, -0.05) is 31.4 Å². The van der Waals surface area contributed by atoms with E-state index in [4.69, 9.17) is 9.73 Å². The summed E-state index contributed by atoms with van der Waals surface area (Å²) in [5, 5.41) is 17.8. The monoisotopic (exact) mass is 360 g/mol. The lowest BCUT2D eigenvalue weighted by Crippen LogP contribution is -2.45. The molecule has 0 bridgehead atoms. The summed E-state index contributed by atoms with van der Waals surface area (Å²) in [7, 11) is 0. The zero-order chi connectivity index (χ0) is 18.2. The highest BCUT2D eigenvalue weighted by molar-refractivity contribution is 5.80. The number of benzene rings is 1. The molecule has 1 saturated carbocycles. The minimum atomic E-state index is -0.381. The maximum atomic E-state index is 10.8. The van der Waals surface area contributed by atoms with Crippen molar-refractivity contribution in [1.82, 2.24) is 10.6 Å². The van der Waals surface area contributed by atoms with Gasteiger partial charge in [-0.15, -0.1) is 0 Å². The Hall–Kier alpha value is -2.15. The average molecular weight is 360 g/mol. The molecule has 1 atom stereocenters. The lowest BCUT2D eigenvalue weighted by atomic mass is 9.96. The average Bonchev–Trinajstić information content (AvgIpc) is 3.19. The van der Waals surface area contributed by atoms with E-state index in [1.54, 1.807) is 12.1 Å². The molecule has 0 aromatic heterocycles. The van der Waals surface area contributed by atoms with Crippen LogP contribution in [0.4, 0.5) is 5.69 Å². The standard InChI is InChI=1S/C19H28N4O3/c24-23(25)18-8-6-15(7-9-18)12-20-19(21-13-16-10-11-26-14-16)22-17-4-2-1-3-5-17/h6-9,16-17H,1-5,10-14H2,(H2,20,21,22). The second-order valence-electron chi connectivity index (χ2n) is 7.18.